The molecule has 1 saturated carbocycles. The standard InChI is InChI=1S/C8H14O2.Fe.H3N/c9-8(10)6-7-4-2-1-3-5-7;;/h7H,1-6H2,(H,9,10);;1H3/q;+3;. The fraction of sp³-hybridized carbons (Fsp3) is 0.875. The van der Waals surface area contributed by atoms with Gasteiger partial charge < -0.3 is 16.1 Å². The van der Waals surface area contributed by atoms with Crippen LogP contribution in [0.5, 0.6) is 0 Å². The van der Waals surface area contributed by atoms with Gasteiger partial charge in [0.05, 0.1) is 0 Å². The van der Waals surface area contributed by atoms with Crippen molar-refractivity contribution < 1.29 is 27.0 Å². The van der Waals surface area contributed by atoms with E-state index >= 15 is 0 Å². The van der Waals surface area contributed by atoms with Crippen molar-refractivity contribution in [2.45, 2.75) is 38.5 Å². The Hall–Kier alpha value is -0.0505. The van der Waals surface area contributed by atoms with E-state index in [0.717, 1.165) is 12.8 Å². The van der Waals surface area contributed by atoms with E-state index in [4.69, 9.17) is 0 Å². The number of carbonyl (C=O) groups excluding carboxylic acids is 1. The van der Waals surface area contributed by atoms with Crippen LogP contribution in [-0.4, -0.2) is 5.97 Å². The molecule has 1 rings (SSSR count). The van der Waals surface area contributed by atoms with Crippen LogP contribution in [0.3, 0.4) is 0 Å². The third-order valence-electron chi connectivity index (χ3n) is 2.18. The molecule has 0 atom stereocenters. The average Bonchev–Trinajstić information content (AvgIpc) is 1.88. The summed E-state index contributed by atoms with van der Waals surface area (Å²) in [5.74, 6) is -0.467. The number of carbonyl (C=O) groups is 1. The molecule has 0 aromatic rings. The van der Waals surface area contributed by atoms with Crippen LogP contribution < -0.4 is 11.3 Å². The normalized spacial score (nSPS) is 17.3. The molecular weight excluding hydrogens is 198 g/mol. The van der Waals surface area contributed by atoms with Gasteiger partial charge in [0.2, 0.25) is 0 Å². The van der Waals surface area contributed by atoms with Gasteiger partial charge in [-0.3, -0.25) is 0 Å². The molecule has 0 unspecified atom stereocenters. The van der Waals surface area contributed by atoms with Crippen molar-refractivity contribution in [1.82, 2.24) is 6.15 Å². The molecule has 0 spiro atoms. The minimum atomic E-state index is -0.882. The first-order valence-corrected chi connectivity index (χ1v) is 3.99. The summed E-state index contributed by atoms with van der Waals surface area (Å²) in [5.41, 5.74) is 0. The molecule has 1 aliphatic carbocycles. The Morgan fingerprint density at radius 3 is 2.17 bits per heavy atom. The third kappa shape index (κ3) is 5.58. The quantitative estimate of drug-likeness (QED) is 0.699. The van der Waals surface area contributed by atoms with Crippen molar-refractivity contribution >= 4 is 5.97 Å². The molecule has 0 saturated heterocycles. The molecule has 0 aromatic carbocycles. The fourth-order valence-electron chi connectivity index (χ4n) is 1.63. The van der Waals surface area contributed by atoms with E-state index < -0.39 is 5.97 Å². The van der Waals surface area contributed by atoms with Gasteiger partial charge >= 0.3 is 17.1 Å². The zero-order valence-electron chi connectivity index (χ0n) is 7.49. The average molecular weight is 215 g/mol. The van der Waals surface area contributed by atoms with E-state index in [-0.39, 0.29) is 29.6 Å². The van der Waals surface area contributed by atoms with Gasteiger partial charge in [0.1, 0.15) is 0 Å². The summed E-state index contributed by atoms with van der Waals surface area (Å²) in [6, 6.07) is 0. The minimum Gasteiger partial charge on any atom is -0.550 e. The van der Waals surface area contributed by atoms with Crippen molar-refractivity contribution in [3.05, 3.63) is 0 Å². The summed E-state index contributed by atoms with van der Waals surface area (Å²) in [5, 5.41) is 10.2. The predicted molar refractivity (Wildman–Crippen MR) is 42.2 cm³/mol. The molecule has 0 aromatic heterocycles. The topological polar surface area (TPSA) is 76.6 Å². The monoisotopic (exact) mass is 215 g/mol. The van der Waals surface area contributed by atoms with Gasteiger partial charge in [0.25, 0.3) is 0 Å². The van der Waals surface area contributed by atoms with Crippen LogP contribution in [-0.2, 0) is 21.9 Å². The molecule has 12 heavy (non-hydrogen) atoms. The molecule has 4 N–H and O–H groups in total. The van der Waals surface area contributed by atoms with Crippen LogP contribution in [0.2, 0.25) is 0 Å². The van der Waals surface area contributed by atoms with E-state index in [1.807, 2.05) is 0 Å². The van der Waals surface area contributed by atoms with Gasteiger partial charge in [-0.1, -0.05) is 32.1 Å². The molecule has 0 aliphatic heterocycles. The van der Waals surface area contributed by atoms with Crippen LogP contribution >= 0.6 is 0 Å². The molecule has 1 radical (unpaired) electrons. The maximum atomic E-state index is 10.2. The zero-order chi connectivity index (χ0) is 7.40. The molecule has 4 heteroatoms. The maximum absolute atomic E-state index is 10.2. The van der Waals surface area contributed by atoms with Crippen LogP contribution in [0.25, 0.3) is 0 Å². The molecule has 0 heterocycles. The molecule has 0 amide bonds. The SMILES string of the molecule is O=C([O-])CC1CCCCC1.[Fe+3].[NH4+]. The van der Waals surface area contributed by atoms with Gasteiger partial charge in [-0.2, -0.15) is 0 Å². The van der Waals surface area contributed by atoms with Crippen molar-refractivity contribution in [2.24, 2.45) is 5.92 Å². The Kier molecular flexibility index (Phi) is 9.15. The summed E-state index contributed by atoms with van der Waals surface area (Å²) < 4.78 is 0. The van der Waals surface area contributed by atoms with Gasteiger partial charge in [-0.25, -0.2) is 0 Å². The number of quaternary nitrogens is 1. The second-order valence-electron chi connectivity index (χ2n) is 3.08. The summed E-state index contributed by atoms with van der Waals surface area (Å²) >= 11 is 0. The molecule has 3 nitrogen and oxygen atoms in total. The van der Waals surface area contributed by atoms with E-state index in [1.165, 1.54) is 19.3 Å². The molecule has 0 bridgehead atoms. The third-order valence-corrected chi connectivity index (χ3v) is 2.18. The summed E-state index contributed by atoms with van der Waals surface area (Å²) in [7, 11) is 0. The largest absolute Gasteiger partial charge is 3.00 e. The minimum absolute atomic E-state index is 0. The smallest absolute Gasteiger partial charge is 0.550 e. The van der Waals surface area contributed by atoms with E-state index in [0.29, 0.717) is 5.92 Å². The number of aliphatic carboxylic acids is 1. The van der Waals surface area contributed by atoms with E-state index in [2.05, 4.69) is 0 Å². The van der Waals surface area contributed by atoms with E-state index in [1.54, 1.807) is 0 Å². The Labute approximate surface area is 84.0 Å². The Bertz CT molecular complexity index is 124. The number of hydrogen-bond acceptors (Lipinski definition) is 2. The van der Waals surface area contributed by atoms with Crippen molar-refractivity contribution in [3.8, 4) is 0 Å². The number of rotatable bonds is 2. The number of hydrogen-bond donors (Lipinski definition) is 1. The number of carboxylic acid groups (broad SMARTS) is 1. The first-order valence-electron chi connectivity index (χ1n) is 3.99. The predicted octanol–water partition coefficient (Wildman–Crippen LogP) is 1.08. The van der Waals surface area contributed by atoms with Crippen molar-refractivity contribution in [2.75, 3.05) is 0 Å². The summed E-state index contributed by atoms with van der Waals surface area (Å²) in [6.07, 6.45) is 6.15. The second-order valence-corrected chi connectivity index (χ2v) is 3.08. The van der Waals surface area contributed by atoms with Crippen LogP contribution in [0.4, 0.5) is 0 Å². The zero-order valence-corrected chi connectivity index (χ0v) is 8.59. The molecule has 1 fully saturated rings. The van der Waals surface area contributed by atoms with Crippen LogP contribution in [0.15, 0.2) is 0 Å². The number of carboxylic acids is 1. The Morgan fingerprint density at radius 2 is 1.75 bits per heavy atom. The fourth-order valence-corrected chi connectivity index (χ4v) is 1.63. The summed E-state index contributed by atoms with van der Waals surface area (Å²) in [6.45, 7) is 0. The molecule has 71 valence electrons. The second kappa shape index (κ2) is 7.59. The van der Waals surface area contributed by atoms with Gasteiger partial charge in [-0.15, -0.1) is 0 Å². The van der Waals surface area contributed by atoms with Crippen molar-refractivity contribution in [1.29, 1.82) is 0 Å². The molecule has 1 aliphatic rings. The first-order chi connectivity index (χ1) is 4.79. The maximum Gasteiger partial charge on any atom is 3.00 e. The van der Waals surface area contributed by atoms with Crippen LogP contribution in [0, 0.1) is 5.92 Å². The van der Waals surface area contributed by atoms with Crippen LogP contribution in [0.1, 0.15) is 38.5 Å². The summed E-state index contributed by atoms with van der Waals surface area (Å²) in [4.78, 5) is 10.2. The molecular formula is C8H17FeNO2+3. The first kappa shape index (κ1) is 14.5. The van der Waals surface area contributed by atoms with E-state index in [9.17, 15) is 9.90 Å². The van der Waals surface area contributed by atoms with Gasteiger partial charge in [0, 0.05) is 5.97 Å². The Balaban J connectivity index is 0. The van der Waals surface area contributed by atoms with Gasteiger partial charge in [0.15, 0.2) is 0 Å². The Morgan fingerprint density at radius 1 is 1.25 bits per heavy atom. The van der Waals surface area contributed by atoms with Crippen molar-refractivity contribution in [3.63, 3.8) is 0 Å². The van der Waals surface area contributed by atoms with Gasteiger partial charge in [-0.05, 0) is 12.3 Å².